The molecule has 12 heteroatoms. The average molecular weight is 311 g/mol. The third-order valence-corrected chi connectivity index (χ3v) is 2.49. The van der Waals surface area contributed by atoms with Crippen molar-refractivity contribution in [1.29, 1.82) is 0 Å². The summed E-state index contributed by atoms with van der Waals surface area (Å²) < 4.78 is 0. The molecule has 0 aromatic heterocycles. The Morgan fingerprint density at radius 1 is 1.05 bits per heavy atom. The minimum Gasteiger partial charge on any atom is -0.316 e. The van der Waals surface area contributed by atoms with Crippen LogP contribution < -0.4 is 5.32 Å². The van der Waals surface area contributed by atoms with E-state index in [0.29, 0.717) is 18.7 Å². The van der Waals surface area contributed by atoms with Gasteiger partial charge < -0.3 is 5.32 Å². The summed E-state index contributed by atoms with van der Waals surface area (Å²) >= 11 is 0. The summed E-state index contributed by atoms with van der Waals surface area (Å²) in [6.07, 6.45) is 1.41. The maximum absolute atomic E-state index is 10.5. The van der Waals surface area contributed by atoms with Crippen LogP contribution in [0.25, 0.3) is 0 Å². The third-order valence-electron chi connectivity index (χ3n) is 2.49. The number of amides is 1. The van der Waals surface area contributed by atoms with Crippen LogP contribution in [0, 0.1) is 37.3 Å². The third kappa shape index (κ3) is 4.03. The molecule has 1 aliphatic heterocycles. The van der Waals surface area contributed by atoms with E-state index < -0.39 is 31.8 Å². The van der Waals surface area contributed by atoms with Crippen molar-refractivity contribution in [2.45, 2.75) is 6.92 Å². The number of nitrogens with one attached hydrogen (secondary N) is 1. The average Bonchev–Trinajstić information content (AvgIpc) is 2.89. The van der Waals surface area contributed by atoms with Crippen molar-refractivity contribution in [3.05, 3.63) is 48.0 Å². The Morgan fingerprint density at radius 2 is 1.55 bits per heavy atom. The van der Waals surface area contributed by atoms with Crippen molar-refractivity contribution in [2.24, 2.45) is 4.99 Å². The number of benzene rings is 1. The number of nitrogens with zero attached hydrogens (tertiary/aromatic N) is 4. The van der Waals surface area contributed by atoms with E-state index in [1.54, 1.807) is 0 Å². The maximum atomic E-state index is 10.5. The molecule has 1 aliphatic rings. The Morgan fingerprint density at radius 3 is 1.77 bits per heavy atom. The monoisotopic (exact) mass is 311 g/mol. The molecule has 0 aliphatic carbocycles. The molecule has 0 fully saturated rings. The maximum Gasteiger partial charge on any atom is 0.286 e. The van der Waals surface area contributed by atoms with Crippen molar-refractivity contribution in [1.82, 2.24) is 5.32 Å². The fourth-order valence-electron chi connectivity index (χ4n) is 1.45. The molecule has 0 saturated carbocycles. The SMILES string of the molecule is Cc1c([N+](=O)[O-])cc([N+](=O)[O-])cc1[N+](=O)[O-].O=C1CN=CN1. The lowest BCUT2D eigenvalue weighted by Crippen LogP contribution is -2.15. The Kier molecular flexibility index (Phi) is 5.16. The second-order valence-corrected chi connectivity index (χ2v) is 3.92. The largest absolute Gasteiger partial charge is 0.316 e. The first-order valence-corrected chi connectivity index (χ1v) is 5.59. The van der Waals surface area contributed by atoms with E-state index in [1.165, 1.54) is 13.3 Å². The minimum atomic E-state index is -0.917. The van der Waals surface area contributed by atoms with Gasteiger partial charge >= 0.3 is 0 Å². The fraction of sp³-hybridized carbons (Fsp3) is 0.200. The number of carbonyl (C=O) groups is 1. The fourth-order valence-corrected chi connectivity index (χ4v) is 1.45. The van der Waals surface area contributed by atoms with E-state index in [0.717, 1.165) is 0 Å². The molecule has 116 valence electrons. The van der Waals surface area contributed by atoms with Crippen LogP contribution in [0.3, 0.4) is 0 Å². The number of non-ortho nitro benzene ring substituents is 1. The Labute approximate surface area is 121 Å². The smallest absolute Gasteiger partial charge is 0.286 e. The van der Waals surface area contributed by atoms with E-state index in [-0.39, 0.29) is 11.5 Å². The summed E-state index contributed by atoms with van der Waals surface area (Å²) in [4.78, 5) is 42.4. The van der Waals surface area contributed by atoms with E-state index >= 15 is 0 Å². The van der Waals surface area contributed by atoms with Gasteiger partial charge in [-0.05, 0) is 6.92 Å². The van der Waals surface area contributed by atoms with Crippen LogP contribution in [0.1, 0.15) is 5.56 Å². The van der Waals surface area contributed by atoms with E-state index in [4.69, 9.17) is 0 Å². The van der Waals surface area contributed by atoms with Crippen LogP contribution in [0.15, 0.2) is 17.1 Å². The van der Waals surface area contributed by atoms with Gasteiger partial charge in [0.05, 0.1) is 33.2 Å². The molecule has 1 heterocycles. The highest BCUT2D eigenvalue weighted by Crippen LogP contribution is 2.32. The van der Waals surface area contributed by atoms with Gasteiger partial charge in [-0.3, -0.25) is 40.1 Å². The molecule has 1 aromatic carbocycles. The summed E-state index contributed by atoms with van der Waals surface area (Å²) in [7, 11) is 0. The van der Waals surface area contributed by atoms with Crippen LogP contribution in [0.5, 0.6) is 0 Å². The Bertz CT molecular complexity index is 639. The normalized spacial score (nSPS) is 12.1. The lowest BCUT2D eigenvalue weighted by Gasteiger charge is -1.99. The van der Waals surface area contributed by atoms with Gasteiger partial charge in [0, 0.05) is 0 Å². The summed E-state index contributed by atoms with van der Waals surface area (Å²) in [6.45, 7) is 1.47. The summed E-state index contributed by atoms with van der Waals surface area (Å²) in [5, 5.41) is 33.9. The quantitative estimate of drug-likeness (QED) is 0.636. The number of hydrogen-bond donors (Lipinski definition) is 1. The highest BCUT2D eigenvalue weighted by molar-refractivity contribution is 5.93. The van der Waals surface area contributed by atoms with E-state index in [1.807, 2.05) is 0 Å². The first-order chi connectivity index (χ1) is 10.2. The zero-order valence-electron chi connectivity index (χ0n) is 11.1. The zero-order chi connectivity index (χ0) is 16.9. The molecule has 0 unspecified atom stereocenters. The predicted molar refractivity (Wildman–Crippen MR) is 72.6 cm³/mol. The van der Waals surface area contributed by atoms with Gasteiger partial charge in [-0.2, -0.15) is 0 Å². The molecule has 12 nitrogen and oxygen atoms in total. The number of rotatable bonds is 3. The molecule has 1 amide bonds. The number of nitro benzene ring substituents is 3. The molecule has 0 bridgehead atoms. The van der Waals surface area contributed by atoms with E-state index in [9.17, 15) is 35.1 Å². The molecule has 0 saturated heterocycles. The Hall–Kier alpha value is -3.44. The van der Waals surface area contributed by atoms with Gasteiger partial charge in [0.2, 0.25) is 5.91 Å². The van der Waals surface area contributed by atoms with Gasteiger partial charge in [0.25, 0.3) is 17.1 Å². The summed E-state index contributed by atoms with van der Waals surface area (Å²) in [5.41, 5.74) is -2.16. The van der Waals surface area contributed by atoms with Crippen molar-refractivity contribution in [3.8, 4) is 0 Å². The lowest BCUT2D eigenvalue weighted by atomic mass is 10.1. The minimum absolute atomic E-state index is 0.0185. The van der Waals surface area contributed by atoms with Crippen molar-refractivity contribution >= 4 is 29.3 Å². The molecule has 0 spiro atoms. The Balaban J connectivity index is 0.000000335. The number of nitro groups is 3. The van der Waals surface area contributed by atoms with Crippen molar-refractivity contribution in [3.63, 3.8) is 0 Å². The molecular weight excluding hydrogens is 302 g/mol. The standard InChI is InChI=1S/C7H5N3O6.C3H4N2O/c1-4-6(9(13)14)2-5(8(11)12)3-7(4)10(15)16;6-3-1-4-2-5-3/h2-3H,1H3;2H,1H2,(H,4,5,6). The first-order valence-electron chi connectivity index (χ1n) is 5.59. The molecule has 0 atom stereocenters. The van der Waals surface area contributed by atoms with Crippen molar-refractivity contribution in [2.75, 3.05) is 6.54 Å². The molecule has 22 heavy (non-hydrogen) atoms. The van der Waals surface area contributed by atoms with Crippen LogP contribution >= 0.6 is 0 Å². The van der Waals surface area contributed by atoms with Gasteiger partial charge in [0.1, 0.15) is 12.1 Å². The lowest BCUT2D eigenvalue weighted by molar-refractivity contribution is -0.403. The second kappa shape index (κ2) is 6.83. The van der Waals surface area contributed by atoms with Gasteiger partial charge in [-0.15, -0.1) is 0 Å². The highest BCUT2D eigenvalue weighted by Gasteiger charge is 2.27. The van der Waals surface area contributed by atoms with Crippen LogP contribution in [0.2, 0.25) is 0 Å². The summed E-state index contributed by atoms with van der Waals surface area (Å²) in [6, 6.07) is 1.39. The second-order valence-electron chi connectivity index (χ2n) is 3.92. The molecule has 1 aromatic rings. The number of carbonyl (C=O) groups excluding carboxylic acids is 1. The highest BCUT2D eigenvalue weighted by atomic mass is 16.6. The van der Waals surface area contributed by atoms with Crippen LogP contribution in [0.4, 0.5) is 17.1 Å². The van der Waals surface area contributed by atoms with Crippen LogP contribution in [-0.4, -0.2) is 33.6 Å². The van der Waals surface area contributed by atoms with E-state index in [2.05, 4.69) is 10.3 Å². The van der Waals surface area contributed by atoms with Gasteiger partial charge in [-0.1, -0.05) is 0 Å². The van der Waals surface area contributed by atoms with Gasteiger partial charge in [-0.25, -0.2) is 0 Å². The van der Waals surface area contributed by atoms with Gasteiger partial charge in [0.15, 0.2) is 0 Å². The number of aliphatic imine (C=N–C) groups is 1. The number of hydrogen-bond acceptors (Lipinski definition) is 8. The molecule has 1 N–H and O–H groups in total. The molecule has 0 radical (unpaired) electrons. The zero-order valence-corrected chi connectivity index (χ0v) is 11.1. The summed E-state index contributed by atoms with van der Waals surface area (Å²) in [5.74, 6) is -0.0185. The predicted octanol–water partition coefficient (Wildman–Crippen LogP) is 0.864. The van der Waals surface area contributed by atoms with Crippen molar-refractivity contribution < 1.29 is 19.6 Å². The molecular formula is C10H9N5O7. The topological polar surface area (TPSA) is 171 Å². The first kappa shape index (κ1) is 16.6. The van der Waals surface area contributed by atoms with Crippen LogP contribution in [-0.2, 0) is 4.79 Å². The molecule has 2 rings (SSSR count).